The lowest BCUT2D eigenvalue weighted by Crippen LogP contribution is -2.43. The monoisotopic (exact) mass is 235 g/mol. The standard InChI is InChI=1S/C14H21NO2/c1-3-7-16-14(17-8-4-2)12-5-6-13(14)11(9-12)10-15/h5-6,11-13H,3-4,7-9H2,1-2H3/t11-,12-,13+/m1/s1. The van der Waals surface area contributed by atoms with Gasteiger partial charge in [0.1, 0.15) is 0 Å². The fourth-order valence-electron chi connectivity index (χ4n) is 2.95. The smallest absolute Gasteiger partial charge is 0.182 e. The van der Waals surface area contributed by atoms with Crippen LogP contribution in [0.2, 0.25) is 0 Å². The van der Waals surface area contributed by atoms with Gasteiger partial charge in [-0.25, -0.2) is 0 Å². The van der Waals surface area contributed by atoms with E-state index in [0.29, 0.717) is 13.2 Å². The lowest BCUT2D eigenvalue weighted by Gasteiger charge is -2.34. The van der Waals surface area contributed by atoms with Crippen LogP contribution in [-0.2, 0) is 9.47 Å². The van der Waals surface area contributed by atoms with Crippen LogP contribution in [-0.4, -0.2) is 19.0 Å². The number of hydrogen-bond donors (Lipinski definition) is 0. The fourth-order valence-corrected chi connectivity index (χ4v) is 2.95. The zero-order chi connectivity index (χ0) is 12.3. The molecule has 3 atom stereocenters. The molecule has 2 aliphatic rings. The molecule has 2 bridgehead atoms. The van der Waals surface area contributed by atoms with Gasteiger partial charge in [0, 0.05) is 25.0 Å². The Hall–Kier alpha value is -0.850. The van der Waals surface area contributed by atoms with E-state index in [9.17, 15) is 5.26 Å². The van der Waals surface area contributed by atoms with Crippen LogP contribution < -0.4 is 0 Å². The molecule has 94 valence electrons. The van der Waals surface area contributed by atoms with Crippen molar-refractivity contribution in [3.8, 4) is 6.07 Å². The number of ether oxygens (including phenoxy) is 2. The third-order valence-corrected chi connectivity index (χ3v) is 3.70. The van der Waals surface area contributed by atoms with Gasteiger partial charge in [-0.05, 0) is 19.3 Å². The molecule has 0 aliphatic heterocycles. The van der Waals surface area contributed by atoms with Crippen LogP contribution in [0.5, 0.6) is 0 Å². The molecule has 0 aromatic rings. The Kier molecular flexibility index (Phi) is 3.86. The average molecular weight is 235 g/mol. The van der Waals surface area contributed by atoms with E-state index in [4.69, 9.17) is 9.47 Å². The van der Waals surface area contributed by atoms with E-state index < -0.39 is 5.79 Å². The van der Waals surface area contributed by atoms with Crippen molar-refractivity contribution < 1.29 is 9.47 Å². The highest BCUT2D eigenvalue weighted by Gasteiger charge is 2.58. The summed E-state index contributed by atoms with van der Waals surface area (Å²) in [5.74, 6) is -0.101. The molecule has 0 radical (unpaired) electrons. The van der Waals surface area contributed by atoms with Crippen molar-refractivity contribution in [1.29, 1.82) is 5.26 Å². The van der Waals surface area contributed by atoms with Crippen LogP contribution in [0.15, 0.2) is 12.2 Å². The maximum Gasteiger partial charge on any atom is 0.182 e. The SMILES string of the molecule is CCCOC1(OCCC)[C@@H]2C=C[C@H]1[C@@H](C#N)C2. The molecule has 0 aromatic carbocycles. The normalized spacial score (nSPS) is 32.9. The second-order valence-electron chi connectivity index (χ2n) is 4.91. The quantitative estimate of drug-likeness (QED) is 0.525. The molecule has 0 spiro atoms. The van der Waals surface area contributed by atoms with Crippen molar-refractivity contribution in [3.05, 3.63) is 12.2 Å². The lowest BCUT2D eigenvalue weighted by atomic mass is 9.94. The number of fused-ring (bicyclic) bond motifs is 2. The van der Waals surface area contributed by atoms with Crippen LogP contribution in [0.4, 0.5) is 0 Å². The molecule has 3 nitrogen and oxygen atoms in total. The predicted molar refractivity (Wildman–Crippen MR) is 65.1 cm³/mol. The summed E-state index contributed by atoms with van der Waals surface area (Å²) in [6, 6.07) is 2.39. The van der Waals surface area contributed by atoms with Gasteiger partial charge in [-0.15, -0.1) is 0 Å². The van der Waals surface area contributed by atoms with E-state index in [1.807, 2.05) is 0 Å². The molecule has 0 N–H and O–H groups in total. The summed E-state index contributed by atoms with van der Waals surface area (Å²) in [5, 5.41) is 9.18. The zero-order valence-corrected chi connectivity index (χ0v) is 10.7. The van der Waals surface area contributed by atoms with Crippen LogP contribution >= 0.6 is 0 Å². The topological polar surface area (TPSA) is 42.2 Å². The minimum Gasteiger partial charge on any atom is -0.349 e. The summed E-state index contributed by atoms with van der Waals surface area (Å²) in [7, 11) is 0. The highest BCUT2D eigenvalue weighted by Crippen LogP contribution is 2.53. The maximum absolute atomic E-state index is 9.18. The Balaban J connectivity index is 2.15. The molecule has 17 heavy (non-hydrogen) atoms. The third kappa shape index (κ3) is 2.00. The molecular weight excluding hydrogens is 214 g/mol. The summed E-state index contributed by atoms with van der Waals surface area (Å²) in [6.07, 6.45) is 7.13. The van der Waals surface area contributed by atoms with Crippen molar-refractivity contribution in [1.82, 2.24) is 0 Å². The van der Waals surface area contributed by atoms with Gasteiger partial charge < -0.3 is 9.47 Å². The van der Waals surface area contributed by atoms with E-state index in [1.54, 1.807) is 0 Å². The lowest BCUT2D eigenvalue weighted by molar-refractivity contribution is -0.260. The molecule has 2 rings (SSSR count). The van der Waals surface area contributed by atoms with Crippen molar-refractivity contribution in [3.63, 3.8) is 0 Å². The summed E-state index contributed by atoms with van der Waals surface area (Å²) in [4.78, 5) is 0. The van der Waals surface area contributed by atoms with Crippen LogP contribution in [0.3, 0.4) is 0 Å². The first-order valence-electron chi connectivity index (χ1n) is 6.64. The summed E-state index contributed by atoms with van der Waals surface area (Å²) < 4.78 is 12.1. The first-order chi connectivity index (χ1) is 8.28. The largest absolute Gasteiger partial charge is 0.349 e. The van der Waals surface area contributed by atoms with E-state index >= 15 is 0 Å². The fraction of sp³-hybridized carbons (Fsp3) is 0.786. The second-order valence-corrected chi connectivity index (χ2v) is 4.91. The minimum absolute atomic E-state index is 0.0544. The molecular formula is C14H21NO2. The van der Waals surface area contributed by atoms with E-state index in [0.717, 1.165) is 19.3 Å². The summed E-state index contributed by atoms with van der Waals surface area (Å²) in [5.41, 5.74) is 0. The van der Waals surface area contributed by atoms with Gasteiger partial charge in [-0.3, -0.25) is 0 Å². The molecule has 0 amide bonds. The number of nitrogens with zero attached hydrogens (tertiary/aromatic N) is 1. The Labute approximate surface area is 103 Å². The Bertz CT molecular complexity index is 324. The molecule has 0 saturated heterocycles. The molecule has 0 heterocycles. The zero-order valence-electron chi connectivity index (χ0n) is 10.7. The molecule has 0 unspecified atom stereocenters. The van der Waals surface area contributed by atoms with Gasteiger partial charge in [-0.1, -0.05) is 26.0 Å². The van der Waals surface area contributed by atoms with E-state index in [-0.39, 0.29) is 17.8 Å². The second kappa shape index (κ2) is 5.20. The third-order valence-electron chi connectivity index (χ3n) is 3.70. The van der Waals surface area contributed by atoms with Gasteiger partial charge in [0.2, 0.25) is 0 Å². The minimum atomic E-state index is -0.535. The van der Waals surface area contributed by atoms with Gasteiger partial charge in [-0.2, -0.15) is 5.26 Å². The van der Waals surface area contributed by atoms with Gasteiger partial charge in [0.05, 0.1) is 12.0 Å². The van der Waals surface area contributed by atoms with Crippen LogP contribution in [0.1, 0.15) is 33.1 Å². The molecule has 2 aliphatic carbocycles. The van der Waals surface area contributed by atoms with E-state index in [2.05, 4.69) is 32.1 Å². The first-order valence-corrected chi connectivity index (χ1v) is 6.64. The Morgan fingerprint density at radius 1 is 1.24 bits per heavy atom. The van der Waals surface area contributed by atoms with Crippen molar-refractivity contribution in [2.24, 2.45) is 17.8 Å². The predicted octanol–water partition coefficient (Wildman–Crippen LogP) is 2.88. The van der Waals surface area contributed by atoms with E-state index in [1.165, 1.54) is 0 Å². The van der Waals surface area contributed by atoms with Gasteiger partial charge in [0.25, 0.3) is 0 Å². The van der Waals surface area contributed by atoms with Crippen molar-refractivity contribution >= 4 is 0 Å². The highest BCUT2D eigenvalue weighted by atomic mass is 16.7. The molecule has 1 saturated carbocycles. The Morgan fingerprint density at radius 3 is 2.35 bits per heavy atom. The number of nitriles is 1. The highest BCUT2D eigenvalue weighted by molar-refractivity contribution is 5.23. The van der Waals surface area contributed by atoms with Crippen LogP contribution in [0.25, 0.3) is 0 Å². The van der Waals surface area contributed by atoms with Crippen molar-refractivity contribution in [2.75, 3.05) is 13.2 Å². The number of hydrogen-bond acceptors (Lipinski definition) is 3. The maximum atomic E-state index is 9.18. The molecule has 3 heteroatoms. The first kappa shape index (κ1) is 12.6. The average Bonchev–Trinajstić information content (AvgIpc) is 2.86. The summed E-state index contributed by atoms with van der Waals surface area (Å²) >= 11 is 0. The van der Waals surface area contributed by atoms with Crippen LogP contribution in [0, 0.1) is 29.1 Å². The van der Waals surface area contributed by atoms with Gasteiger partial charge >= 0.3 is 0 Å². The molecule has 1 fully saturated rings. The number of rotatable bonds is 6. The molecule has 0 aromatic heterocycles. The van der Waals surface area contributed by atoms with Crippen molar-refractivity contribution in [2.45, 2.75) is 38.9 Å². The van der Waals surface area contributed by atoms with Gasteiger partial charge in [0.15, 0.2) is 5.79 Å². The summed E-state index contributed by atoms with van der Waals surface area (Å²) in [6.45, 7) is 5.60. The Morgan fingerprint density at radius 2 is 1.88 bits per heavy atom.